The van der Waals surface area contributed by atoms with Gasteiger partial charge in [0.2, 0.25) is 0 Å². The average Bonchev–Trinajstić information content (AvgIpc) is 3.01. The lowest BCUT2D eigenvalue weighted by Gasteiger charge is -2.19. The second-order valence-electron chi connectivity index (χ2n) is 5.35. The molecule has 0 amide bonds. The van der Waals surface area contributed by atoms with Gasteiger partial charge in [0.15, 0.2) is 5.69 Å². The van der Waals surface area contributed by atoms with Crippen molar-refractivity contribution in [2.24, 2.45) is 0 Å². The fourth-order valence-electron chi connectivity index (χ4n) is 2.81. The van der Waals surface area contributed by atoms with Crippen molar-refractivity contribution in [3.05, 3.63) is 95.8 Å². The lowest BCUT2D eigenvalue weighted by Crippen LogP contribution is -2.15. The van der Waals surface area contributed by atoms with E-state index in [1.807, 2.05) is 60.7 Å². The van der Waals surface area contributed by atoms with E-state index in [0.717, 1.165) is 11.1 Å². The number of carbonyl (C=O) groups is 1. The first-order valence-corrected chi connectivity index (χ1v) is 7.60. The topological polar surface area (TPSA) is 68.0 Å². The third kappa shape index (κ3) is 2.96. The van der Waals surface area contributed by atoms with E-state index in [-0.39, 0.29) is 11.6 Å². The van der Waals surface area contributed by atoms with Gasteiger partial charge in [-0.25, -0.2) is 9.48 Å². The molecule has 0 fully saturated rings. The Hall–Kier alpha value is -3.21. The van der Waals surface area contributed by atoms with Gasteiger partial charge in [-0.05, 0) is 11.1 Å². The number of aromatic carboxylic acids is 1. The molecule has 5 nitrogen and oxygen atoms in total. The SMILES string of the molecule is C=CCn1nnc(C(=O)O)c1C(c1ccccc1)c1ccccc1. The third-order valence-corrected chi connectivity index (χ3v) is 3.82. The van der Waals surface area contributed by atoms with Crippen molar-refractivity contribution in [2.75, 3.05) is 0 Å². The van der Waals surface area contributed by atoms with Gasteiger partial charge in [-0.3, -0.25) is 0 Å². The molecule has 2 aromatic carbocycles. The summed E-state index contributed by atoms with van der Waals surface area (Å²) in [5.41, 5.74) is 2.49. The zero-order valence-electron chi connectivity index (χ0n) is 13.0. The Labute approximate surface area is 139 Å². The van der Waals surface area contributed by atoms with Crippen LogP contribution in [-0.2, 0) is 6.54 Å². The van der Waals surface area contributed by atoms with Crippen LogP contribution in [0.2, 0.25) is 0 Å². The van der Waals surface area contributed by atoms with E-state index in [9.17, 15) is 9.90 Å². The first-order chi connectivity index (χ1) is 11.7. The van der Waals surface area contributed by atoms with Gasteiger partial charge in [0, 0.05) is 0 Å². The molecule has 0 unspecified atom stereocenters. The van der Waals surface area contributed by atoms with Crippen molar-refractivity contribution in [1.82, 2.24) is 15.0 Å². The Balaban J connectivity index is 2.25. The Kier molecular flexibility index (Phi) is 4.52. The predicted molar refractivity (Wildman–Crippen MR) is 91.0 cm³/mol. The lowest BCUT2D eigenvalue weighted by molar-refractivity contribution is 0.0689. The Bertz CT molecular complexity index is 802. The quantitative estimate of drug-likeness (QED) is 0.708. The van der Waals surface area contributed by atoms with Crippen LogP contribution in [0.25, 0.3) is 0 Å². The minimum absolute atomic E-state index is 0.0328. The fraction of sp³-hybridized carbons (Fsp3) is 0.105. The molecule has 0 atom stereocenters. The molecule has 0 aliphatic heterocycles. The minimum Gasteiger partial charge on any atom is -0.476 e. The van der Waals surface area contributed by atoms with Crippen LogP contribution in [0.5, 0.6) is 0 Å². The van der Waals surface area contributed by atoms with Gasteiger partial charge < -0.3 is 5.11 Å². The highest BCUT2D eigenvalue weighted by atomic mass is 16.4. The van der Waals surface area contributed by atoms with Crippen LogP contribution in [0.15, 0.2) is 73.3 Å². The van der Waals surface area contributed by atoms with Crippen LogP contribution in [0, 0.1) is 0 Å². The van der Waals surface area contributed by atoms with Gasteiger partial charge in [0.05, 0.1) is 18.2 Å². The van der Waals surface area contributed by atoms with E-state index >= 15 is 0 Å². The number of carboxylic acid groups (broad SMARTS) is 1. The summed E-state index contributed by atoms with van der Waals surface area (Å²) in [6.45, 7) is 4.11. The van der Waals surface area contributed by atoms with Crippen molar-refractivity contribution < 1.29 is 9.90 Å². The summed E-state index contributed by atoms with van der Waals surface area (Å²) in [6, 6.07) is 19.5. The molecule has 0 bridgehead atoms. The molecular weight excluding hydrogens is 302 g/mol. The zero-order chi connectivity index (χ0) is 16.9. The van der Waals surface area contributed by atoms with E-state index in [2.05, 4.69) is 16.9 Å². The summed E-state index contributed by atoms with van der Waals surface area (Å²) >= 11 is 0. The molecular formula is C19H17N3O2. The third-order valence-electron chi connectivity index (χ3n) is 3.82. The van der Waals surface area contributed by atoms with Crippen molar-refractivity contribution >= 4 is 5.97 Å². The van der Waals surface area contributed by atoms with Crippen LogP contribution < -0.4 is 0 Å². The van der Waals surface area contributed by atoms with Gasteiger partial charge in [-0.15, -0.1) is 11.7 Å². The number of carboxylic acids is 1. The van der Waals surface area contributed by atoms with E-state index in [1.54, 1.807) is 10.8 Å². The van der Waals surface area contributed by atoms with Crippen molar-refractivity contribution in [3.8, 4) is 0 Å². The van der Waals surface area contributed by atoms with Crippen LogP contribution in [0.4, 0.5) is 0 Å². The molecule has 0 saturated heterocycles. The number of nitrogens with zero attached hydrogens (tertiary/aromatic N) is 3. The smallest absolute Gasteiger partial charge is 0.358 e. The molecule has 120 valence electrons. The maximum atomic E-state index is 11.7. The van der Waals surface area contributed by atoms with Crippen molar-refractivity contribution in [2.45, 2.75) is 12.5 Å². The maximum absolute atomic E-state index is 11.7. The highest BCUT2D eigenvalue weighted by molar-refractivity contribution is 5.87. The van der Waals surface area contributed by atoms with Gasteiger partial charge in [0.25, 0.3) is 0 Å². The van der Waals surface area contributed by atoms with Gasteiger partial charge in [-0.2, -0.15) is 0 Å². The monoisotopic (exact) mass is 319 g/mol. The van der Waals surface area contributed by atoms with Crippen LogP contribution in [-0.4, -0.2) is 26.1 Å². The molecule has 3 rings (SSSR count). The second-order valence-corrected chi connectivity index (χ2v) is 5.35. The Morgan fingerprint density at radius 2 is 1.62 bits per heavy atom. The highest BCUT2D eigenvalue weighted by Crippen LogP contribution is 2.33. The molecule has 1 aromatic heterocycles. The fourth-order valence-corrected chi connectivity index (χ4v) is 2.81. The number of hydrogen-bond acceptors (Lipinski definition) is 3. The van der Waals surface area contributed by atoms with E-state index < -0.39 is 5.97 Å². The number of rotatable bonds is 6. The van der Waals surface area contributed by atoms with Crippen LogP contribution in [0.3, 0.4) is 0 Å². The minimum atomic E-state index is -1.09. The number of allylic oxidation sites excluding steroid dienone is 1. The van der Waals surface area contributed by atoms with Crippen molar-refractivity contribution in [3.63, 3.8) is 0 Å². The van der Waals surface area contributed by atoms with Gasteiger partial charge >= 0.3 is 5.97 Å². The summed E-state index contributed by atoms with van der Waals surface area (Å²) in [7, 11) is 0. The molecule has 5 heteroatoms. The number of benzene rings is 2. The molecule has 3 aromatic rings. The molecule has 0 spiro atoms. The summed E-state index contributed by atoms with van der Waals surface area (Å²) in [4.78, 5) is 11.7. The predicted octanol–water partition coefficient (Wildman–Crippen LogP) is 3.34. The summed E-state index contributed by atoms with van der Waals surface area (Å²) in [5, 5.41) is 17.4. The van der Waals surface area contributed by atoms with Gasteiger partial charge in [-0.1, -0.05) is 72.0 Å². The first-order valence-electron chi connectivity index (χ1n) is 7.60. The van der Waals surface area contributed by atoms with Crippen molar-refractivity contribution in [1.29, 1.82) is 0 Å². The van der Waals surface area contributed by atoms with Gasteiger partial charge in [0.1, 0.15) is 0 Å². The Morgan fingerprint density at radius 1 is 1.08 bits per heavy atom. The second kappa shape index (κ2) is 6.91. The molecule has 0 aliphatic rings. The largest absolute Gasteiger partial charge is 0.476 e. The lowest BCUT2D eigenvalue weighted by atomic mass is 9.87. The highest BCUT2D eigenvalue weighted by Gasteiger charge is 2.28. The normalized spacial score (nSPS) is 10.7. The molecule has 24 heavy (non-hydrogen) atoms. The van der Waals surface area contributed by atoms with E-state index in [1.165, 1.54) is 0 Å². The maximum Gasteiger partial charge on any atom is 0.358 e. The molecule has 0 radical (unpaired) electrons. The van der Waals surface area contributed by atoms with Crippen LogP contribution >= 0.6 is 0 Å². The number of hydrogen-bond donors (Lipinski definition) is 1. The van der Waals surface area contributed by atoms with E-state index in [4.69, 9.17) is 0 Å². The zero-order valence-corrected chi connectivity index (χ0v) is 13.0. The molecule has 0 aliphatic carbocycles. The first kappa shape index (κ1) is 15.7. The average molecular weight is 319 g/mol. The Morgan fingerprint density at radius 3 is 2.08 bits per heavy atom. The van der Waals surface area contributed by atoms with E-state index in [0.29, 0.717) is 12.2 Å². The summed E-state index contributed by atoms with van der Waals surface area (Å²) in [5.74, 6) is -1.36. The molecule has 1 N–H and O–H groups in total. The molecule has 1 heterocycles. The summed E-state index contributed by atoms with van der Waals surface area (Å²) in [6.07, 6.45) is 1.68. The molecule has 0 saturated carbocycles. The van der Waals surface area contributed by atoms with Crippen LogP contribution in [0.1, 0.15) is 33.2 Å². The standard InChI is InChI=1S/C19H17N3O2/c1-2-13-22-18(17(19(23)24)20-21-22)16(14-9-5-3-6-10-14)15-11-7-4-8-12-15/h2-12,16H,1,13H2,(H,23,24). The summed E-state index contributed by atoms with van der Waals surface area (Å²) < 4.78 is 1.60. The number of aromatic nitrogens is 3.